The van der Waals surface area contributed by atoms with E-state index in [2.05, 4.69) is 12.7 Å². The summed E-state index contributed by atoms with van der Waals surface area (Å²) in [6.45, 7) is 7.70. The van der Waals surface area contributed by atoms with E-state index in [4.69, 9.17) is 0 Å². The SMILES string of the molecule is C=C(C)C1=CCC(C)C(F)C1. The zero-order valence-corrected chi connectivity index (χ0v) is 7.23. The van der Waals surface area contributed by atoms with Crippen molar-refractivity contribution < 1.29 is 4.39 Å². The zero-order valence-electron chi connectivity index (χ0n) is 7.23. The molecule has 0 bridgehead atoms. The molecule has 0 aromatic carbocycles. The average molecular weight is 154 g/mol. The van der Waals surface area contributed by atoms with Crippen molar-refractivity contribution in [3.63, 3.8) is 0 Å². The van der Waals surface area contributed by atoms with Gasteiger partial charge >= 0.3 is 0 Å². The lowest BCUT2D eigenvalue weighted by Gasteiger charge is -2.22. The van der Waals surface area contributed by atoms with Crippen molar-refractivity contribution in [1.82, 2.24) is 0 Å². The smallest absolute Gasteiger partial charge is 0.107 e. The largest absolute Gasteiger partial charge is 0.247 e. The molecule has 62 valence electrons. The quantitative estimate of drug-likeness (QED) is 0.544. The molecule has 0 radical (unpaired) electrons. The van der Waals surface area contributed by atoms with Crippen LogP contribution in [-0.2, 0) is 0 Å². The highest BCUT2D eigenvalue weighted by atomic mass is 19.1. The summed E-state index contributed by atoms with van der Waals surface area (Å²) in [7, 11) is 0. The summed E-state index contributed by atoms with van der Waals surface area (Å²) in [6, 6.07) is 0. The second kappa shape index (κ2) is 3.21. The number of halogens is 1. The number of rotatable bonds is 1. The maximum atomic E-state index is 13.1. The van der Waals surface area contributed by atoms with Crippen LogP contribution in [0, 0.1) is 5.92 Å². The molecule has 1 rings (SSSR count). The van der Waals surface area contributed by atoms with E-state index in [-0.39, 0.29) is 5.92 Å². The molecule has 0 spiro atoms. The zero-order chi connectivity index (χ0) is 8.43. The molecule has 0 saturated heterocycles. The van der Waals surface area contributed by atoms with Gasteiger partial charge in [0.25, 0.3) is 0 Å². The van der Waals surface area contributed by atoms with E-state index in [9.17, 15) is 4.39 Å². The second-order valence-corrected chi connectivity index (χ2v) is 3.44. The highest BCUT2D eigenvalue weighted by molar-refractivity contribution is 5.28. The molecule has 0 aromatic heterocycles. The second-order valence-electron chi connectivity index (χ2n) is 3.44. The fourth-order valence-corrected chi connectivity index (χ4v) is 1.32. The number of hydrogen-bond donors (Lipinski definition) is 0. The summed E-state index contributed by atoms with van der Waals surface area (Å²) in [5, 5.41) is 0. The van der Waals surface area contributed by atoms with Gasteiger partial charge in [0.1, 0.15) is 6.17 Å². The van der Waals surface area contributed by atoms with Crippen molar-refractivity contribution >= 4 is 0 Å². The Labute approximate surface area is 67.8 Å². The first kappa shape index (κ1) is 8.51. The lowest BCUT2D eigenvalue weighted by Crippen LogP contribution is -2.17. The first-order chi connectivity index (χ1) is 5.11. The first-order valence-electron chi connectivity index (χ1n) is 4.10. The van der Waals surface area contributed by atoms with E-state index in [1.54, 1.807) is 0 Å². The minimum Gasteiger partial charge on any atom is -0.247 e. The Hall–Kier alpha value is -0.590. The summed E-state index contributed by atoms with van der Waals surface area (Å²) in [4.78, 5) is 0. The summed E-state index contributed by atoms with van der Waals surface area (Å²) < 4.78 is 13.1. The summed E-state index contributed by atoms with van der Waals surface area (Å²) in [5.74, 6) is 0.193. The lowest BCUT2D eigenvalue weighted by molar-refractivity contribution is 0.232. The first-order valence-corrected chi connectivity index (χ1v) is 4.10. The minimum atomic E-state index is -0.660. The van der Waals surface area contributed by atoms with Crippen LogP contribution < -0.4 is 0 Å². The van der Waals surface area contributed by atoms with Gasteiger partial charge in [-0.05, 0) is 24.8 Å². The Balaban J connectivity index is 2.66. The minimum absolute atomic E-state index is 0.193. The van der Waals surface area contributed by atoms with Crippen LogP contribution in [-0.4, -0.2) is 6.17 Å². The summed E-state index contributed by atoms with van der Waals surface area (Å²) in [5.41, 5.74) is 2.12. The molecular formula is C10H15F. The Morgan fingerprint density at radius 1 is 1.73 bits per heavy atom. The van der Waals surface area contributed by atoms with E-state index in [1.807, 2.05) is 13.8 Å². The Bertz CT molecular complexity index is 191. The molecule has 0 heterocycles. The normalized spacial score (nSPS) is 31.4. The molecule has 1 heteroatoms. The van der Waals surface area contributed by atoms with Crippen molar-refractivity contribution in [3.8, 4) is 0 Å². The molecule has 0 saturated carbocycles. The van der Waals surface area contributed by atoms with Gasteiger partial charge in [0.15, 0.2) is 0 Å². The average Bonchev–Trinajstić information content (AvgIpc) is 1.94. The van der Waals surface area contributed by atoms with Gasteiger partial charge in [0.05, 0.1) is 0 Å². The van der Waals surface area contributed by atoms with Crippen LogP contribution in [0.3, 0.4) is 0 Å². The van der Waals surface area contributed by atoms with Crippen molar-refractivity contribution in [1.29, 1.82) is 0 Å². The molecule has 0 aliphatic heterocycles. The Morgan fingerprint density at radius 2 is 2.36 bits per heavy atom. The van der Waals surface area contributed by atoms with E-state index in [1.165, 1.54) is 0 Å². The molecule has 1 aliphatic rings. The number of allylic oxidation sites excluding steroid dienone is 3. The highest BCUT2D eigenvalue weighted by Gasteiger charge is 2.21. The van der Waals surface area contributed by atoms with Crippen LogP contribution in [0.25, 0.3) is 0 Å². The van der Waals surface area contributed by atoms with Crippen molar-refractivity contribution in [2.45, 2.75) is 32.9 Å². The summed E-state index contributed by atoms with van der Waals surface area (Å²) in [6.07, 6.45) is 2.88. The van der Waals surface area contributed by atoms with E-state index in [0.29, 0.717) is 6.42 Å². The van der Waals surface area contributed by atoms with Crippen molar-refractivity contribution in [2.75, 3.05) is 0 Å². The third-order valence-electron chi connectivity index (χ3n) is 2.32. The van der Waals surface area contributed by atoms with Gasteiger partial charge in [-0.3, -0.25) is 0 Å². The highest BCUT2D eigenvalue weighted by Crippen LogP contribution is 2.29. The van der Waals surface area contributed by atoms with Crippen LogP contribution in [0.5, 0.6) is 0 Å². The molecule has 2 atom stereocenters. The fourth-order valence-electron chi connectivity index (χ4n) is 1.32. The maximum Gasteiger partial charge on any atom is 0.107 e. The molecule has 11 heavy (non-hydrogen) atoms. The standard InChI is InChI=1S/C10H15F/c1-7(2)9-5-4-8(3)10(11)6-9/h5,8,10H,1,4,6H2,2-3H3. The lowest BCUT2D eigenvalue weighted by atomic mass is 9.87. The molecule has 0 N–H and O–H groups in total. The third kappa shape index (κ3) is 1.92. The monoisotopic (exact) mass is 154 g/mol. The van der Waals surface area contributed by atoms with Crippen LogP contribution in [0.2, 0.25) is 0 Å². The van der Waals surface area contributed by atoms with Gasteiger partial charge in [-0.15, -0.1) is 0 Å². The van der Waals surface area contributed by atoms with Gasteiger partial charge in [0, 0.05) is 6.42 Å². The topological polar surface area (TPSA) is 0 Å². The fraction of sp³-hybridized carbons (Fsp3) is 0.600. The predicted molar refractivity (Wildman–Crippen MR) is 46.2 cm³/mol. The van der Waals surface area contributed by atoms with Crippen LogP contribution >= 0.6 is 0 Å². The Kier molecular flexibility index (Phi) is 2.48. The maximum absolute atomic E-state index is 13.1. The molecule has 0 aromatic rings. The Morgan fingerprint density at radius 3 is 2.82 bits per heavy atom. The van der Waals surface area contributed by atoms with Gasteiger partial charge in [0.2, 0.25) is 0 Å². The molecule has 1 aliphatic carbocycles. The predicted octanol–water partition coefficient (Wildman–Crippen LogP) is 3.26. The molecule has 0 amide bonds. The molecular weight excluding hydrogens is 139 g/mol. The van der Waals surface area contributed by atoms with E-state index >= 15 is 0 Å². The molecule has 2 unspecified atom stereocenters. The molecule has 0 nitrogen and oxygen atoms in total. The van der Waals surface area contributed by atoms with Gasteiger partial charge in [-0.1, -0.05) is 25.2 Å². The molecule has 0 fully saturated rings. The van der Waals surface area contributed by atoms with E-state index in [0.717, 1.165) is 17.6 Å². The van der Waals surface area contributed by atoms with Crippen LogP contribution in [0.4, 0.5) is 4.39 Å². The van der Waals surface area contributed by atoms with Crippen LogP contribution in [0.15, 0.2) is 23.8 Å². The number of hydrogen-bond acceptors (Lipinski definition) is 0. The van der Waals surface area contributed by atoms with Gasteiger partial charge < -0.3 is 0 Å². The van der Waals surface area contributed by atoms with Crippen LogP contribution in [0.1, 0.15) is 26.7 Å². The summed E-state index contributed by atoms with van der Waals surface area (Å²) >= 11 is 0. The van der Waals surface area contributed by atoms with Gasteiger partial charge in [-0.25, -0.2) is 4.39 Å². The van der Waals surface area contributed by atoms with E-state index < -0.39 is 6.17 Å². The third-order valence-corrected chi connectivity index (χ3v) is 2.32. The van der Waals surface area contributed by atoms with Gasteiger partial charge in [-0.2, -0.15) is 0 Å². The van der Waals surface area contributed by atoms with Crippen molar-refractivity contribution in [2.24, 2.45) is 5.92 Å². The van der Waals surface area contributed by atoms with Crippen molar-refractivity contribution in [3.05, 3.63) is 23.8 Å². The number of alkyl halides is 1.